The van der Waals surface area contributed by atoms with Gasteiger partial charge in [-0.3, -0.25) is 9.36 Å². The Kier molecular flexibility index (Phi) is 8.96. The van der Waals surface area contributed by atoms with Gasteiger partial charge in [0, 0.05) is 16.1 Å². The summed E-state index contributed by atoms with van der Waals surface area (Å²) < 4.78 is 14.3. The molecule has 1 atom stereocenters. The summed E-state index contributed by atoms with van der Waals surface area (Å²) in [6, 6.07) is 20.0. The van der Waals surface area contributed by atoms with Crippen LogP contribution in [0.4, 0.5) is 0 Å². The molecular weight excluding hydrogens is 685 g/mol. The molecular formula is C32H25ClIN3O4S. The Bertz CT molecular complexity index is 1960. The average Bonchev–Trinajstić information content (AvgIpc) is 3.26. The molecule has 7 nitrogen and oxygen atoms in total. The molecule has 0 saturated carbocycles. The second-order valence-electron chi connectivity index (χ2n) is 9.58. The van der Waals surface area contributed by atoms with Crippen LogP contribution in [0.15, 0.2) is 81.7 Å². The normalized spacial score (nSPS) is 14.7. The van der Waals surface area contributed by atoms with E-state index in [2.05, 4.69) is 33.7 Å². The number of rotatable bonds is 7. The molecule has 0 spiro atoms. The number of thiazole rings is 1. The van der Waals surface area contributed by atoms with Gasteiger partial charge in [0.15, 0.2) is 4.80 Å². The highest BCUT2D eigenvalue weighted by atomic mass is 127. The standard InChI is InChI=1S/C32H25ClIN3O4S/c1-4-40-31(39)27-19(3)36-32-37(28(27)20-11-9-18(2)10-12-20)30(38)26(42-32)14-23-13-24(33)15-25(34)29(23)41-17-22-8-6-5-7-21(22)16-35/h5-15,28H,4,17H2,1-3H3/b26-14-/t28-/m0/s1. The van der Waals surface area contributed by atoms with E-state index in [1.54, 1.807) is 48.8 Å². The van der Waals surface area contributed by atoms with Crippen LogP contribution in [0, 0.1) is 21.8 Å². The van der Waals surface area contributed by atoms with E-state index in [0.717, 1.165) is 20.3 Å². The number of esters is 1. The van der Waals surface area contributed by atoms with Crippen LogP contribution < -0.4 is 19.6 Å². The van der Waals surface area contributed by atoms with E-state index in [1.807, 2.05) is 43.3 Å². The molecule has 0 amide bonds. The highest BCUT2D eigenvalue weighted by molar-refractivity contribution is 14.1. The Morgan fingerprint density at radius 3 is 2.64 bits per heavy atom. The fourth-order valence-electron chi connectivity index (χ4n) is 4.74. The predicted molar refractivity (Wildman–Crippen MR) is 171 cm³/mol. The summed E-state index contributed by atoms with van der Waals surface area (Å²) in [6.07, 6.45) is 1.74. The number of allylic oxidation sites excluding steroid dienone is 1. The van der Waals surface area contributed by atoms with Crippen LogP contribution in [0.25, 0.3) is 6.08 Å². The number of aromatic nitrogens is 1. The fourth-order valence-corrected chi connectivity index (χ4v) is 6.99. The summed E-state index contributed by atoms with van der Waals surface area (Å²) in [4.78, 5) is 32.3. The van der Waals surface area contributed by atoms with Crippen molar-refractivity contribution < 1.29 is 14.3 Å². The Morgan fingerprint density at radius 2 is 1.93 bits per heavy atom. The number of halogens is 2. The molecule has 212 valence electrons. The van der Waals surface area contributed by atoms with Crippen molar-refractivity contribution in [3.05, 3.63) is 128 Å². The highest BCUT2D eigenvalue weighted by Gasteiger charge is 2.33. The van der Waals surface area contributed by atoms with Gasteiger partial charge in [0.2, 0.25) is 0 Å². The number of ether oxygens (including phenoxy) is 2. The number of carbonyl (C=O) groups excluding carboxylic acids is 1. The van der Waals surface area contributed by atoms with Gasteiger partial charge in [-0.25, -0.2) is 9.79 Å². The molecule has 1 aromatic heterocycles. The summed E-state index contributed by atoms with van der Waals surface area (Å²) in [5, 5.41) is 9.97. The first kappa shape index (κ1) is 29.8. The molecule has 0 N–H and O–H groups in total. The second kappa shape index (κ2) is 12.7. The van der Waals surface area contributed by atoms with E-state index >= 15 is 0 Å². The quantitative estimate of drug-likeness (QED) is 0.178. The first-order valence-corrected chi connectivity index (χ1v) is 15.3. The first-order valence-electron chi connectivity index (χ1n) is 13.1. The lowest BCUT2D eigenvalue weighted by atomic mass is 9.95. The Balaban J connectivity index is 1.65. The maximum Gasteiger partial charge on any atom is 0.338 e. The van der Waals surface area contributed by atoms with Crippen molar-refractivity contribution in [2.45, 2.75) is 33.4 Å². The molecule has 4 aromatic rings. The molecule has 0 saturated heterocycles. The fraction of sp³-hybridized carbons (Fsp3) is 0.188. The van der Waals surface area contributed by atoms with Crippen LogP contribution in [0.1, 0.15) is 47.7 Å². The summed E-state index contributed by atoms with van der Waals surface area (Å²) in [5.74, 6) is 0.0355. The zero-order valence-corrected chi connectivity index (χ0v) is 26.7. The molecule has 0 fully saturated rings. The van der Waals surface area contributed by atoms with E-state index in [1.165, 1.54) is 11.3 Å². The smallest absolute Gasteiger partial charge is 0.338 e. The van der Waals surface area contributed by atoms with Crippen molar-refractivity contribution >= 4 is 57.6 Å². The molecule has 2 heterocycles. The maximum absolute atomic E-state index is 14.0. The number of nitriles is 1. The van der Waals surface area contributed by atoms with Gasteiger partial charge in [0.1, 0.15) is 12.4 Å². The number of carbonyl (C=O) groups is 1. The molecule has 0 unspecified atom stereocenters. The van der Waals surface area contributed by atoms with Gasteiger partial charge in [0.05, 0.1) is 43.7 Å². The zero-order chi connectivity index (χ0) is 30.0. The predicted octanol–water partition coefficient (Wildman–Crippen LogP) is 5.82. The number of aryl methyl sites for hydroxylation is 1. The molecule has 10 heteroatoms. The lowest BCUT2D eigenvalue weighted by Crippen LogP contribution is -2.39. The van der Waals surface area contributed by atoms with Gasteiger partial charge in [-0.15, -0.1) is 0 Å². The first-order chi connectivity index (χ1) is 20.2. The van der Waals surface area contributed by atoms with Crippen molar-refractivity contribution in [3.8, 4) is 11.8 Å². The third-order valence-electron chi connectivity index (χ3n) is 6.74. The molecule has 0 bridgehead atoms. The minimum atomic E-state index is -0.694. The Hall–Kier alpha value is -3.72. The van der Waals surface area contributed by atoms with Gasteiger partial charge in [0.25, 0.3) is 5.56 Å². The van der Waals surface area contributed by atoms with Gasteiger partial charge in [-0.1, -0.05) is 71.0 Å². The molecule has 0 aliphatic carbocycles. The van der Waals surface area contributed by atoms with Crippen LogP contribution in [-0.4, -0.2) is 17.1 Å². The van der Waals surface area contributed by atoms with Crippen molar-refractivity contribution in [1.29, 1.82) is 5.26 Å². The lowest BCUT2D eigenvalue weighted by Gasteiger charge is -2.24. The Labute approximate surface area is 265 Å². The number of hydrogen-bond acceptors (Lipinski definition) is 7. The molecule has 1 aliphatic rings. The third kappa shape index (κ3) is 5.93. The molecule has 42 heavy (non-hydrogen) atoms. The molecule has 1 aliphatic heterocycles. The van der Waals surface area contributed by atoms with Crippen molar-refractivity contribution in [2.75, 3.05) is 6.61 Å². The van der Waals surface area contributed by atoms with Crippen LogP contribution in [-0.2, 0) is 16.1 Å². The van der Waals surface area contributed by atoms with E-state index in [0.29, 0.717) is 42.5 Å². The second-order valence-corrected chi connectivity index (χ2v) is 12.2. The van der Waals surface area contributed by atoms with Crippen LogP contribution >= 0.6 is 45.5 Å². The van der Waals surface area contributed by atoms with Crippen LogP contribution in [0.3, 0.4) is 0 Å². The molecule has 0 radical (unpaired) electrons. The van der Waals surface area contributed by atoms with E-state index in [4.69, 9.17) is 21.1 Å². The minimum Gasteiger partial charge on any atom is -0.487 e. The van der Waals surface area contributed by atoms with Crippen LogP contribution in [0.2, 0.25) is 5.02 Å². The monoisotopic (exact) mass is 709 g/mol. The zero-order valence-electron chi connectivity index (χ0n) is 23.0. The van der Waals surface area contributed by atoms with E-state index in [-0.39, 0.29) is 18.8 Å². The van der Waals surface area contributed by atoms with E-state index in [9.17, 15) is 14.9 Å². The van der Waals surface area contributed by atoms with Crippen molar-refractivity contribution in [1.82, 2.24) is 4.57 Å². The average molecular weight is 710 g/mol. The van der Waals surface area contributed by atoms with E-state index < -0.39 is 12.0 Å². The lowest BCUT2D eigenvalue weighted by molar-refractivity contribution is -0.139. The van der Waals surface area contributed by atoms with Gasteiger partial charge in [-0.05, 0) is 73.2 Å². The number of hydrogen-bond donors (Lipinski definition) is 0. The van der Waals surface area contributed by atoms with Gasteiger partial charge < -0.3 is 9.47 Å². The number of nitrogens with zero attached hydrogens (tertiary/aromatic N) is 3. The Morgan fingerprint density at radius 1 is 1.19 bits per heavy atom. The highest BCUT2D eigenvalue weighted by Crippen LogP contribution is 2.33. The third-order valence-corrected chi connectivity index (χ3v) is 8.75. The minimum absolute atomic E-state index is 0.166. The van der Waals surface area contributed by atoms with Crippen LogP contribution in [0.5, 0.6) is 5.75 Å². The SMILES string of the molecule is CCOC(=O)C1=C(C)N=c2s/c(=C\c3cc(Cl)cc(I)c3OCc3ccccc3C#N)c(=O)n2[C@H]1c1ccc(C)cc1. The molecule has 5 rings (SSSR count). The number of benzene rings is 3. The largest absolute Gasteiger partial charge is 0.487 e. The summed E-state index contributed by atoms with van der Waals surface area (Å²) in [7, 11) is 0. The topological polar surface area (TPSA) is 93.7 Å². The summed E-state index contributed by atoms with van der Waals surface area (Å²) >= 11 is 9.80. The number of fused-ring (bicyclic) bond motifs is 1. The summed E-state index contributed by atoms with van der Waals surface area (Å²) in [6.45, 7) is 5.85. The van der Waals surface area contributed by atoms with Gasteiger partial charge >= 0.3 is 5.97 Å². The summed E-state index contributed by atoms with van der Waals surface area (Å²) in [5.41, 5.74) is 4.26. The maximum atomic E-state index is 14.0. The van der Waals surface area contributed by atoms with Gasteiger partial charge in [-0.2, -0.15) is 5.26 Å². The molecule has 3 aromatic carbocycles. The van der Waals surface area contributed by atoms with Crippen molar-refractivity contribution in [3.63, 3.8) is 0 Å². The van der Waals surface area contributed by atoms with Crippen molar-refractivity contribution in [2.24, 2.45) is 4.99 Å².